The highest BCUT2D eigenvalue weighted by molar-refractivity contribution is 4.97. The summed E-state index contributed by atoms with van der Waals surface area (Å²) in [5.74, 6) is 1.02. The molecule has 1 aromatic heterocycles. The number of rotatable bonds is 9. The summed E-state index contributed by atoms with van der Waals surface area (Å²) in [6, 6.07) is 3.93. The van der Waals surface area contributed by atoms with E-state index in [0.717, 1.165) is 25.4 Å². The van der Waals surface area contributed by atoms with Crippen LogP contribution in [0.4, 0.5) is 0 Å². The second-order valence-electron chi connectivity index (χ2n) is 3.77. The molecule has 15 heavy (non-hydrogen) atoms. The minimum Gasteiger partial charge on any atom is -0.468 e. The van der Waals surface area contributed by atoms with Gasteiger partial charge in [0.1, 0.15) is 5.76 Å². The molecule has 3 nitrogen and oxygen atoms in total. The lowest BCUT2D eigenvalue weighted by molar-refractivity contribution is 0.477. The molecule has 0 aliphatic rings. The van der Waals surface area contributed by atoms with Gasteiger partial charge in [0.2, 0.25) is 0 Å². The van der Waals surface area contributed by atoms with Gasteiger partial charge in [0.15, 0.2) is 0 Å². The molecule has 2 N–H and O–H groups in total. The number of nitrogens with one attached hydrogen (secondary N) is 2. The van der Waals surface area contributed by atoms with Gasteiger partial charge in [0, 0.05) is 0 Å². The zero-order valence-corrected chi connectivity index (χ0v) is 9.59. The molecule has 0 fully saturated rings. The Labute approximate surface area is 92.2 Å². The van der Waals surface area contributed by atoms with Crippen LogP contribution in [0.25, 0.3) is 0 Å². The van der Waals surface area contributed by atoms with E-state index in [1.54, 1.807) is 6.26 Å². The average molecular weight is 210 g/mol. The Kier molecular flexibility index (Phi) is 6.96. The van der Waals surface area contributed by atoms with Crippen molar-refractivity contribution >= 4 is 0 Å². The van der Waals surface area contributed by atoms with Crippen LogP contribution >= 0.6 is 0 Å². The van der Waals surface area contributed by atoms with Crippen molar-refractivity contribution in [3.63, 3.8) is 0 Å². The zero-order chi connectivity index (χ0) is 10.8. The van der Waals surface area contributed by atoms with Gasteiger partial charge in [-0.2, -0.15) is 0 Å². The largest absolute Gasteiger partial charge is 0.468 e. The molecule has 0 aromatic carbocycles. The van der Waals surface area contributed by atoms with Crippen LogP contribution in [0.1, 0.15) is 31.4 Å². The summed E-state index contributed by atoms with van der Waals surface area (Å²) in [4.78, 5) is 0. The molecular formula is C12H22N2O. The summed E-state index contributed by atoms with van der Waals surface area (Å²) in [6.07, 6.45) is 6.89. The lowest BCUT2D eigenvalue weighted by atomic mass is 10.2. The van der Waals surface area contributed by atoms with Gasteiger partial charge in [-0.3, -0.25) is 0 Å². The van der Waals surface area contributed by atoms with Gasteiger partial charge < -0.3 is 15.1 Å². The highest BCUT2D eigenvalue weighted by atomic mass is 16.3. The standard InChI is InChI=1S/C12H22N2O/c1-13-8-4-2-3-5-9-14-11-12-7-6-10-15-12/h6-7,10,13-14H,2-5,8-9,11H2,1H3. The molecular weight excluding hydrogens is 188 g/mol. The first-order chi connectivity index (χ1) is 7.43. The molecule has 1 rings (SSSR count). The van der Waals surface area contributed by atoms with Gasteiger partial charge in [-0.15, -0.1) is 0 Å². The van der Waals surface area contributed by atoms with Crippen LogP contribution in [-0.4, -0.2) is 20.1 Å². The Balaban J connectivity index is 1.81. The van der Waals surface area contributed by atoms with Crippen LogP contribution in [0, 0.1) is 0 Å². The molecule has 1 heterocycles. The Bertz CT molecular complexity index is 222. The third-order valence-corrected chi connectivity index (χ3v) is 2.41. The minimum absolute atomic E-state index is 0.851. The lowest BCUT2D eigenvalue weighted by Crippen LogP contribution is -2.14. The second kappa shape index (κ2) is 8.50. The van der Waals surface area contributed by atoms with Crippen molar-refractivity contribution in [1.29, 1.82) is 0 Å². The van der Waals surface area contributed by atoms with Crippen LogP contribution in [0.3, 0.4) is 0 Å². The molecule has 0 radical (unpaired) electrons. The summed E-state index contributed by atoms with van der Waals surface area (Å²) >= 11 is 0. The van der Waals surface area contributed by atoms with E-state index in [4.69, 9.17) is 4.42 Å². The third kappa shape index (κ3) is 6.31. The maximum absolute atomic E-state index is 5.22. The fourth-order valence-electron chi connectivity index (χ4n) is 1.53. The Hall–Kier alpha value is -0.800. The summed E-state index contributed by atoms with van der Waals surface area (Å²) in [6.45, 7) is 3.07. The van der Waals surface area contributed by atoms with Gasteiger partial charge in [0.05, 0.1) is 12.8 Å². The van der Waals surface area contributed by atoms with E-state index in [9.17, 15) is 0 Å². The molecule has 0 aliphatic heterocycles. The van der Waals surface area contributed by atoms with Crippen LogP contribution in [0.2, 0.25) is 0 Å². The molecule has 3 heteroatoms. The molecule has 0 amide bonds. The highest BCUT2D eigenvalue weighted by Crippen LogP contribution is 2.00. The summed E-state index contributed by atoms with van der Waals surface area (Å²) < 4.78 is 5.22. The molecule has 1 aromatic rings. The van der Waals surface area contributed by atoms with E-state index in [2.05, 4.69) is 10.6 Å². The fraction of sp³-hybridized carbons (Fsp3) is 0.667. The number of hydrogen-bond donors (Lipinski definition) is 2. The second-order valence-corrected chi connectivity index (χ2v) is 3.77. The molecule has 0 spiro atoms. The maximum atomic E-state index is 5.22. The van der Waals surface area contributed by atoms with Crippen molar-refractivity contribution in [3.8, 4) is 0 Å². The zero-order valence-electron chi connectivity index (χ0n) is 9.59. The smallest absolute Gasteiger partial charge is 0.117 e. The first-order valence-electron chi connectivity index (χ1n) is 5.81. The van der Waals surface area contributed by atoms with Crippen LogP contribution in [0.5, 0.6) is 0 Å². The van der Waals surface area contributed by atoms with E-state index < -0.39 is 0 Å². The Morgan fingerprint density at radius 2 is 1.93 bits per heavy atom. The van der Waals surface area contributed by atoms with Crippen molar-refractivity contribution in [2.24, 2.45) is 0 Å². The van der Waals surface area contributed by atoms with E-state index in [1.807, 2.05) is 19.2 Å². The SMILES string of the molecule is CNCCCCCCNCc1ccco1. The lowest BCUT2D eigenvalue weighted by Gasteiger charge is -2.02. The van der Waals surface area contributed by atoms with Crippen molar-refractivity contribution in [3.05, 3.63) is 24.2 Å². The van der Waals surface area contributed by atoms with Crippen LogP contribution < -0.4 is 10.6 Å². The Morgan fingerprint density at radius 3 is 2.60 bits per heavy atom. The summed E-state index contributed by atoms with van der Waals surface area (Å²) in [5.41, 5.74) is 0. The Morgan fingerprint density at radius 1 is 1.13 bits per heavy atom. The van der Waals surface area contributed by atoms with Crippen molar-refractivity contribution < 1.29 is 4.42 Å². The van der Waals surface area contributed by atoms with Gasteiger partial charge in [0.25, 0.3) is 0 Å². The van der Waals surface area contributed by atoms with Crippen molar-refractivity contribution in [2.45, 2.75) is 32.2 Å². The number of furan rings is 1. The average Bonchev–Trinajstić information content (AvgIpc) is 2.75. The molecule has 0 bridgehead atoms. The number of unbranched alkanes of at least 4 members (excludes halogenated alkanes) is 3. The van der Waals surface area contributed by atoms with Gasteiger partial charge in [-0.05, 0) is 45.1 Å². The van der Waals surface area contributed by atoms with E-state index in [-0.39, 0.29) is 0 Å². The molecule has 86 valence electrons. The molecule has 0 saturated heterocycles. The van der Waals surface area contributed by atoms with E-state index in [1.165, 1.54) is 25.7 Å². The van der Waals surface area contributed by atoms with Crippen LogP contribution in [0.15, 0.2) is 22.8 Å². The van der Waals surface area contributed by atoms with Crippen molar-refractivity contribution in [1.82, 2.24) is 10.6 Å². The normalized spacial score (nSPS) is 10.7. The topological polar surface area (TPSA) is 37.2 Å². The fourth-order valence-corrected chi connectivity index (χ4v) is 1.53. The minimum atomic E-state index is 0.851. The highest BCUT2D eigenvalue weighted by Gasteiger charge is 1.94. The number of hydrogen-bond acceptors (Lipinski definition) is 3. The molecule has 0 saturated carbocycles. The predicted molar refractivity (Wildman–Crippen MR) is 62.8 cm³/mol. The molecule has 0 atom stereocenters. The summed E-state index contributed by atoms with van der Waals surface area (Å²) in [5, 5.41) is 6.53. The monoisotopic (exact) mass is 210 g/mol. The third-order valence-electron chi connectivity index (χ3n) is 2.41. The maximum Gasteiger partial charge on any atom is 0.117 e. The van der Waals surface area contributed by atoms with E-state index in [0.29, 0.717) is 0 Å². The quantitative estimate of drug-likeness (QED) is 0.613. The first-order valence-corrected chi connectivity index (χ1v) is 5.81. The van der Waals surface area contributed by atoms with Gasteiger partial charge in [-0.1, -0.05) is 12.8 Å². The van der Waals surface area contributed by atoms with Gasteiger partial charge in [-0.25, -0.2) is 0 Å². The van der Waals surface area contributed by atoms with Crippen molar-refractivity contribution in [2.75, 3.05) is 20.1 Å². The summed E-state index contributed by atoms with van der Waals surface area (Å²) in [7, 11) is 2.00. The van der Waals surface area contributed by atoms with Crippen LogP contribution in [-0.2, 0) is 6.54 Å². The predicted octanol–water partition coefficient (Wildman–Crippen LogP) is 2.15. The first kappa shape index (κ1) is 12.3. The van der Waals surface area contributed by atoms with Gasteiger partial charge >= 0.3 is 0 Å². The molecule has 0 aliphatic carbocycles. The van der Waals surface area contributed by atoms with E-state index >= 15 is 0 Å². The molecule has 0 unspecified atom stereocenters.